The van der Waals surface area contributed by atoms with E-state index in [4.69, 9.17) is 12.6 Å². The summed E-state index contributed by atoms with van der Waals surface area (Å²) in [4.78, 5) is 11.0. The molecule has 17 heavy (non-hydrogen) atoms. The van der Waals surface area contributed by atoms with Gasteiger partial charge in [0.1, 0.15) is 7.85 Å². The lowest BCUT2D eigenvalue weighted by molar-refractivity contribution is -0.139. The van der Waals surface area contributed by atoms with Crippen LogP contribution in [-0.2, 0) is 16.0 Å². The average molecular weight is 238 g/mol. The number of esters is 1. The molecule has 3 nitrogen and oxygen atoms in total. The minimum Gasteiger partial charge on any atom is -0.493 e. The monoisotopic (exact) mass is 238 g/mol. The van der Waals surface area contributed by atoms with E-state index in [-0.39, 0.29) is 17.6 Å². The number of hydrogen-bond acceptors (Lipinski definition) is 3. The van der Waals surface area contributed by atoms with Crippen LogP contribution in [0.25, 0.3) is 0 Å². The normalized spacial score (nSPS) is 9.00. The maximum atomic E-state index is 13.3. The maximum absolute atomic E-state index is 13.3. The number of ether oxygens (including phenoxy) is 2. The lowest BCUT2D eigenvalue weighted by Gasteiger charge is -2.09. The molecule has 0 amide bonds. The Balaban J connectivity index is 0.00000121. The van der Waals surface area contributed by atoms with Crippen molar-refractivity contribution in [1.29, 1.82) is 0 Å². The third-order valence-corrected chi connectivity index (χ3v) is 1.91. The fourth-order valence-corrected chi connectivity index (χ4v) is 1.26. The average Bonchev–Trinajstić information content (AvgIpc) is 2.31. The molecule has 0 aliphatic heterocycles. The van der Waals surface area contributed by atoms with Crippen molar-refractivity contribution in [3.05, 3.63) is 23.5 Å². The molecular formula is C12H16BFO3. The van der Waals surface area contributed by atoms with Gasteiger partial charge in [0.15, 0.2) is 11.6 Å². The van der Waals surface area contributed by atoms with Crippen LogP contribution in [0.5, 0.6) is 5.75 Å². The van der Waals surface area contributed by atoms with Gasteiger partial charge in [0, 0.05) is 5.56 Å². The topological polar surface area (TPSA) is 35.5 Å². The summed E-state index contributed by atoms with van der Waals surface area (Å²) in [7, 11) is 8.04. The summed E-state index contributed by atoms with van der Waals surface area (Å²) in [5, 5.41) is 0. The Bertz CT molecular complexity index is 380. The molecule has 0 N–H and O–H groups in total. The summed E-state index contributed by atoms with van der Waals surface area (Å²) in [6.45, 7) is 4.00. The van der Waals surface area contributed by atoms with Crippen LogP contribution < -0.4 is 10.2 Å². The standard InChI is InChI=1S/C10H10BFO3.C2H6/c1-14-9(13)4-6-3-7(11)5-8(12)10(6)15-2;1-2/h3,5H,4H2,1-2H3;1-2H3. The first-order valence-electron chi connectivity index (χ1n) is 5.27. The molecule has 0 bridgehead atoms. The summed E-state index contributed by atoms with van der Waals surface area (Å²) in [5.74, 6) is -1.04. The Morgan fingerprint density at radius 3 is 2.41 bits per heavy atom. The molecule has 0 atom stereocenters. The van der Waals surface area contributed by atoms with Gasteiger partial charge in [-0.05, 0) is 6.07 Å². The first-order valence-corrected chi connectivity index (χ1v) is 5.27. The summed E-state index contributed by atoms with van der Waals surface area (Å²) in [6.07, 6.45) is -0.0678. The minimum absolute atomic E-state index is 0.0228. The van der Waals surface area contributed by atoms with Crippen molar-refractivity contribution in [1.82, 2.24) is 0 Å². The van der Waals surface area contributed by atoms with Crippen LogP contribution in [-0.4, -0.2) is 28.0 Å². The number of benzene rings is 1. The second-order valence-corrected chi connectivity index (χ2v) is 2.95. The molecule has 0 heterocycles. The van der Waals surface area contributed by atoms with Gasteiger partial charge < -0.3 is 9.47 Å². The highest BCUT2D eigenvalue weighted by Crippen LogP contribution is 2.21. The van der Waals surface area contributed by atoms with Crippen molar-refractivity contribution in [2.24, 2.45) is 0 Å². The van der Waals surface area contributed by atoms with Gasteiger partial charge >= 0.3 is 5.97 Å². The van der Waals surface area contributed by atoms with E-state index in [1.807, 2.05) is 13.8 Å². The van der Waals surface area contributed by atoms with Crippen LogP contribution in [0.4, 0.5) is 4.39 Å². The fourth-order valence-electron chi connectivity index (χ4n) is 1.26. The van der Waals surface area contributed by atoms with Crippen LogP contribution >= 0.6 is 0 Å². The van der Waals surface area contributed by atoms with Gasteiger partial charge in [0.05, 0.1) is 20.6 Å². The van der Waals surface area contributed by atoms with Crippen molar-refractivity contribution >= 4 is 19.3 Å². The molecule has 0 aliphatic carbocycles. The van der Waals surface area contributed by atoms with E-state index in [1.165, 1.54) is 20.3 Å². The second-order valence-electron chi connectivity index (χ2n) is 2.95. The molecule has 1 aromatic carbocycles. The Morgan fingerprint density at radius 1 is 1.35 bits per heavy atom. The first-order chi connectivity index (χ1) is 8.08. The number of halogens is 1. The van der Waals surface area contributed by atoms with E-state index in [2.05, 4.69) is 4.74 Å². The predicted octanol–water partition coefficient (Wildman–Crippen LogP) is 1.37. The van der Waals surface area contributed by atoms with E-state index in [0.717, 1.165) is 6.07 Å². The predicted molar refractivity (Wildman–Crippen MR) is 65.4 cm³/mol. The molecule has 0 saturated heterocycles. The van der Waals surface area contributed by atoms with E-state index in [1.54, 1.807) is 0 Å². The molecule has 0 saturated carbocycles. The SMILES string of the molecule is CC.[B]c1cc(F)c(OC)c(CC(=O)OC)c1. The maximum Gasteiger partial charge on any atom is 0.310 e. The highest BCUT2D eigenvalue weighted by atomic mass is 19.1. The number of carbonyl (C=O) groups is 1. The van der Waals surface area contributed by atoms with Gasteiger partial charge in [-0.25, -0.2) is 4.39 Å². The van der Waals surface area contributed by atoms with Gasteiger partial charge in [0.25, 0.3) is 0 Å². The van der Waals surface area contributed by atoms with Crippen molar-refractivity contribution < 1.29 is 18.7 Å². The lowest BCUT2D eigenvalue weighted by atomic mass is 9.93. The van der Waals surface area contributed by atoms with Crippen molar-refractivity contribution in [3.63, 3.8) is 0 Å². The van der Waals surface area contributed by atoms with Crippen LogP contribution in [0, 0.1) is 5.82 Å². The highest BCUT2D eigenvalue weighted by Gasteiger charge is 2.13. The van der Waals surface area contributed by atoms with Gasteiger partial charge in [0.2, 0.25) is 0 Å². The Labute approximate surface area is 102 Å². The van der Waals surface area contributed by atoms with Crippen molar-refractivity contribution in [2.45, 2.75) is 20.3 Å². The molecule has 0 aromatic heterocycles. The molecule has 0 fully saturated rings. The number of methoxy groups -OCH3 is 2. The van der Waals surface area contributed by atoms with E-state index in [9.17, 15) is 9.18 Å². The smallest absolute Gasteiger partial charge is 0.310 e. The molecule has 0 unspecified atom stereocenters. The molecule has 1 aromatic rings. The Morgan fingerprint density at radius 2 is 1.94 bits per heavy atom. The van der Waals surface area contributed by atoms with Gasteiger partial charge in [-0.1, -0.05) is 25.4 Å². The summed E-state index contributed by atoms with van der Waals surface area (Å²) in [6, 6.07) is 2.62. The van der Waals surface area contributed by atoms with Crippen molar-refractivity contribution in [3.8, 4) is 5.75 Å². The zero-order valence-electron chi connectivity index (χ0n) is 10.5. The van der Waals surface area contributed by atoms with E-state index in [0.29, 0.717) is 5.56 Å². The Kier molecular flexibility index (Phi) is 7.02. The molecule has 2 radical (unpaired) electrons. The van der Waals surface area contributed by atoms with E-state index < -0.39 is 11.8 Å². The first kappa shape index (κ1) is 15.5. The summed E-state index contributed by atoms with van der Waals surface area (Å²) in [5.41, 5.74) is 0.619. The van der Waals surface area contributed by atoms with Gasteiger partial charge in [-0.3, -0.25) is 4.79 Å². The summed E-state index contributed by atoms with van der Waals surface area (Å²) >= 11 is 0. The van der Waals surface area contributed by atoms with Crippen LogP contribution in [0.3, 0.4) is 0 Å². The van der Waals surface area contributed by atoms with E-state index >= 15 is 0 Å². The quantitative estimate of drug-likeness (QED) is 0.589. The summed E-state index contributed by atoms with van der Waals surface area (Å²) < 4.78 is 22.6. The zero-order valence-corrected chi connectivity index (χ0v) is 10.5. The molecular weight excluding hydrogens is 222 g/mol. The largest absolute Gasteiger partial charge is 0.493 e. The highest BCUT2D eigenvalue weighted by molar-refractivity contribution is 6.32. The van der Waals surface area contributed by atoms with Crippen LogP contribution in [0.15, 0.2) is 12.1 Å². The molecule has 92 valence electrons. The number of rotatable bonds is 3. The van der Waals surface area contributed by atoms with Gasteiger partial charge in [-0.15, -0.1) is 0 Å². The number of carbonyl (C=O) groups excluding carboxylic acids is 1. The Hall–Kier alpha value is -1.52. The molecule has 0 spiro atoms. The molecule has 0 aliphatic rings. The van der Waals surface area contributed by atoms with Gasteiger partial charge in [-0.2, -0.15) is 0 Å². The third kappa shape index (κ3) is 4.47. The minimum atomic E-state index is -0.587. The second kappa shape index (κ2) is 7.71. The lowest BCUT2D eigenvalue weighted by Crippen LogP contribution is -2.12. The molecule has 5 heteroatoms. The number of hydrogen-bond donors (Lipinski definition) is 0. The fraction of sp³-hybridized carbons (Fsp3) is 0.417. The van der Waals surface area contributed by atoms with Crippen LogP contribution in [0.2, 0.25) is 0 Å². The zero-order chi connectivity index (χ0) is 13.4. The van der Waals surface area contributed by atoms with Crippen LogP contribution in [0.1, 0.15) is 19.4 Å². The third-order valence-electron chi connectivity index (χ3n) is 1.91. The molecule has 1 rings (SSSR count). The van der Waals surface area contributed by atoms with Crippen molar-refractivity contribution in [2.75, 3.05) is 14.2 Å².